The Kier molecular flexibility index (Phi) is 4.81. The molecule has 4 heterocycles. The van der Waals surface area contributed by atoms with E-state index in [9.17, 15) is 4.79 Å². The minimum Gasteiger partial charge on any atom is -0.290 e. The summed E-state index contributed by atoms with van der Waals surface area (Å²) in [4.78, 5) is 39.0. The van der Waals surface area contributed by atoms with Gasteiger partial charge in [0.2, 0.25) is 5.95 Å². The number of hydrogen-bond acceptors (Lipinski definition) is 8. The van der Waals surface area contributed by atoms with Crippen LogP contribution in [0.25, 0.3) is 22.2 Å². The largest absolute Gasteiger partial charge is 0.290 e. The standard InChI is InChI=1S/C19H15N7OS/c1-11-15(28-18(22-11)14-8-4-6-10-21-14)17(27)26-19-24-12(2)23-16(25-19)13-7-3-5-9-20-13/h3-10H,1-2H3,(H,23,24,25,26,27). The summed E-state index contributed by atoms with van der Waals surface area (Å²) in [6, 6.07) is 11.0. The normalized spacial score (nSPS) is 10.6. The van der Waals surface area contributed by atoms with Crippen LogP contribution in [0, 0.1) is 13.8 Å². The van der Waals surface area contributed by atoms with Gasteiger partial charge in [0.1, 0.15) is 21.4 Å². The second kappa shape index (κ2) is 7.57. The first-order valence-corrected chi connectivity index (χ1v) is 9.26. The van der Waals surface area contributed by atoms with Crippen molar-refractivity contribution in [2.45, 2.75) is 13.8 Å². The number of amides is 1. The van der Waals surface area contributed by atoms with E-state index in [-0.39, 0.29) is 11.9 Å². The third kappa shape index (κ3) is 3.74. The lowest BCUT2D eigenvalue weighted by molar-refractivity contribution is 0.102. The highest BCUT2D eigenvalue weighted by Gasteiger charge is 2.18. The minimum atomic E-state index is -0.324. The van der Waals surface area contributed by atoms with Gasteiger partial charge in [-0.3, -0.25) is 20.1 Å². The van der Waals surface area contributed by atoms with Crippen molar-refractivity contribution in [2.24, 2.45) is 0 Å². The van der Waals surface area contributed by atoms with Crippen molar-refractivity contribution in [1.82, 2.24) is 29.9 Å². The van der Waals surface area contributed by atoms with Crippen LogP contribution < -0.4 is 5.32 Å². The van der Waals surface area contributed by atoms with Gasteiger partial charge in [0.25, 0.3) is 5.91 Å². The minimum absolute atomic E-state index is 0.172. The van der Waals surface area contributed by atoms with E-state index < -0.39 is 0 Å². The third-order valence-electron chi connectivity index (χ3n) is 3.75. The number of anilines is 1. The van der Waals surface area contributed by atoms with E-state index in [0.29, 0.717) is 32.9 Å². The molecule has 4 aromatic heterocycles. The van der Waals surface area contributed by atoms with Crippen molar-refractivity contribution in [3.63, 3.8) is 0 Å². The molecule has 0 radical (unpaired) electrons. The maximum atomic E-state index is 12.8. The summed E-state index contributed by atoms with van der Waals surface area (Å²) < 4.78 is 0. The lowest BCUT2D eigenvalue weighted by atomic mass is 10.3. The molecule has 9 heteroatoms. The van der Waals surface area contributed by atoms with Crippen LogP contribution in [-0.4, -0.2) is 35.8 Å². The first-order valence-electron chi connectivity index (χ1n) is 8.44. The van der Waals surface area contributed by atoms with Gasteiger partial charge in [-0.2, -0.15) is 9.97 Å². The number of thiazole rings is 1. The zero-order chi connectivity index (χ0) is 19.5. The van der Waals surface area contributed by atoms with Crippen molar-refractivity contribution >= 4 is 23.2 Å². The first-order chi connectivity index (χ1) is 13.6. The summed E-state index contributed by atoms with van der Waals surface area (Å²) in [6.07, 6.45) is 3.35. The van der Waals surface area contributed by atoms with Crippen LogP contribution in [-0.2, 0) is 0 Å². The fraction of sp³-hybridized carbons (Fsp3) is 0.105. The van der Waals surface area contributed by atoms with E-state index in [2.05, 4.69) is 35.2 Å². The van der Waals surface area contributed by atoms with Gasteiger partial charge < -0.3 is 0 Å². The summed E-state index contributed by atoms with van der Waals surface area (Å²) in [6.45, 7) is 3.52. The Morgan fingerprint density at radius 3 is 2.29 bits per heavy atom. The topological polar surface area (TPSA) is 106 Å². The summed E-state index contributed by atoms with van der Waals surface area (Å²) in [5, 5.41) is 3.42. The molecule has 138 valence electrons. The van der Waals surface area contributed by atoms with Crippen molar-refractivity contribution in [1.29, 1.82) is 0 Å². The molecular weight excluding hydrogens is 374 g/mol. The van der Waals surface area contributed by atoms with Crippen LogP contribution in [0.15, 0.2) is 48.8 Å². The molecule has 0 spiro atoms. The number of aryl methyl sites for hydroxylation is 2. The van der Waals surface area contributed by atoms with E-state index >= 15 is 0 Å². The van der Waals surface area contributed by atoms with Crippen LogP contribution in [0.2, 0.25) is 0 Å². The molecule has 0 atom stereocenters. The van der Waals surface area contributed by atoms with E-state index in [1.807, 2.05) is 30.3 Å². The SMILES string of the molecule is Cc1nc(NC(=O)c2sc(-c3ccccn3)nc2C)nc(-c2ccccn2)n1. The predicted octanol–water partition coefficient (Wildman–Crippen LogP) is 3.32. The van der Waals surface area contributed by atoms with Gasteiger partial charge in [0.05, 0.1) is 11.4 Å². The van der Waals surface area contributed by atoms with Gasteiger partial charge in [0, 0.05) is 12.4 Å². The first kappa shape index (κ1) is 17.8. The second-order valence-electron chi connectivity index (χ2n) is 5.85. The molecule has 0 saturated carbocycles. The van der Waals surface area contributed by atoms with E-state index in [1.54, 1.807) is 32.3 Å². The van der Waals surface area contributed by atoms with Crippen LogP contribution in [0.5, 0.6) is 0 Å². The van der Waals surface area contributed by atoms with Crippen molar-refractivity contribution in [2.75, 3.05) is 5.32 Å². The molecule has 0 aliphatic carbocycles. The summed E-state index contributed by atoms with van der Waals surface area (Å²) in [7, 11) is 0. The van der Waals surface area contributed by atoms with Crippen molar-refractivity contribution in [3.05, 3.63) is 65.2 Å². The Bertz CT molecular complexity index is 1130. The van der Waals surface area contributed by atoms with E-state index in [4.69, 9.17) is 0 Å². The number of nitrogens with zero attached hydrogens (tertiary/aromatic N) is 6. The Balaban J connectivity index is 1.61. The fourth-order valence-corrected chi connectivity index (χ4v) is 3.45. The highest BCUT2D eigenvalue weighted by atomic mass is 32.1. The van der Waals surface area contributed by atoms with Gasteiger partial charge in [-0.15, -0.1) is 11.3 Å². The molecule has 4 rings (SSSR count). The number of pyridine rings is 2. The second-order valence-corrected chi connectivity index (χ2v) is 6.85. The van der Waals surface area contributed by atoms with Gasteiger partial charge >= 0.3 is 0 Å². The predicted molar refractivity (Wildman–Crippen MR) is 106 cm³/mol. The zero-order valence-corrected chi connectivity index (χ0v) is 15.9. The molecule has 0 fully saturated rings. The molecule has 4 aromatic rings. The van der Waals surface area contributed by atoms with Crippen LogP contribution in [0.4, 0.5) is 5.95 Å². The van der Waals surface area contributed by atoms with Crippen LogP contribution in [0.3, 0.4) is 0 Å². The average molecular weight is 389 g/mol. The lowest BCUT2D eigenvalue weighted by Crippen LogP contribution is -2.15. The quantitative estimate of drug-likeness (QED) is 0.570. The smallest absolute Gasteiger partial charge is 0.270 e. The number of rotatable bonds is 4. The van der Waals surface area contributed by atoms with Gasteiger partial charge in [-0.05, 0) is 38.1 Å². The Morgan fingerprint density at radius 2 is 1.61 bits per heavy atom. The number of carbonyl (C=O) groups excluding carboxylic acids is 1. The van der Waals surface area contributed by atoms with Crippen molar-refractivity contribution in [3.8, 4) is 22.2 Å². The van der Waals surface area contributed by atoms with Gasteiger partial charge in [-0.25, -0.2) is 9.97 Å². The average Bonchev–Trinajstić information content (AvgIpc) is 3.11. The molecule has 1 amide bonds. The maximum Gasteiger partial charge on any atom is 0.270 e. The zero-order valence-electron chi connectivity index (χ0n) is 15.1. The summed E-state index contributed by atoms with van der Waals surface area (Å²) >= 11 is 1.28. The molecule has 0 saturated heterocycles. The van der Waals surface area contributed by atoms with E-state index in [0.717, 1.165) is 5.69 Å². The molecule has 0 aromatic carbocycles. The van der Waals surface area contributed by atoms with E-state index in [1.165, 1.54) is 11.3 Å². The Morgan fingerprint density at radius 1 is 0.893 bits per heavy atom. The number of carbonyl (C=O) groups is 1. The Labute approximate surface area is 164 Å². The number of hydrogen-bond donors (Lipinski definition) is 1. The van der Waals surface area contributed by atoms with Gasteiger partial charge in [0.15, 0.2) is 5.82 Å². The van der Waals surface area contributed by atoms with Crippen molar-refractivity contribution < 1.29 is 4.79 Å². The molecule has 28 heavy (non-hydrogen) atoms. The monoisotopic (exact) mass is 389 g/mol. The van der Waals surface area contributed by atoms with Gasteiger partial charge in [-0.1, -0.05) is 12.1 Å². The number of nitrogens with one attached hydrogen (secondary N) is 1. The summed E-state index contributed by atoms with van der Waals surface area (Å²) in [5.41, 5.74) is 1.96. The fourth-order valence-electron chi connectivity index (χ4n) is 2.51. The summed E-state index contributed by atoms with van der Waals surface area (Å²) in [5.74, 6) is 0.736. The molecule has 0 aliphatic heterocycles. The molecule has 0 unspecified atom stereocenters. The maximum absolute atomic E-state index is 12.8. The molecule has 8 nitrogen and oxygen atoms in total. The molecule has 0 aliphatic rings. The highest BCUT2D eigenvalue weighted by Crippen LogP contribution is 2.27. The van der Waals surface area contributed by atoms with Crippen LogP contribution >= 0.6 is 11.3 Å². The third-order valence-corrected chi connectivity index (χ3v) is 4.93. The molecule has 1 N–H and O–H groups in total. The lowest BCUT2D eigenvalue weighted by Gasteiger charge is -2.05. The molecular formula is C19H15N7OS. The molecule has 0 bridgehead atoms. The Hall–Kier alpha value is -3.59. The highest BCUT2D eigenvalue weighted by molar-refractivity contribution is 7.17. The van der Waals surface area contributed by atoms with Crippen LogP contribution in [0.1, 0.15) is 21.2 Å². The number of aromatic nitrogens is 6.